The van der Waals surface area contributed by atoms with Gasteiger partial charge in [0.05, 0.1) is 11.3 Å². The number of urea groups is 1. The van der Waals surface area contributed by atoms with E-state index in [0.717, 1.165) is 11.0 Å². The molecule has 12 heteroatoms. The lowest BCUT2D eigenvalue weighted by Gasteiger charge is -2.18. The molecular formula is C15H17F2N3O6S. The first-order valence-corrected chi connectivity index (χ1v) is 9.33. The summed E-state index contributed by atoms with van der Waals surface area (Å²) in [7, 11) is -4.15. The molecule has 0 aromatic heterocycles. The van der Waals surface area contributed by atoms with Gasteiger partial charge in [-0.25, -0.2) is 26.7 Å². The molecule has 1 aliphatic heterocycles. The van der Waals surface area contributed by atoms with Crippen LogP contribution in [0.4, 0.5) is 13.6 Å². The Labute approximate surface area is 153 Å². The van der Waals surface area contributed by atoms with Crippen LogP contribution >= 0.6 is 0 Å². The molecule has 0 saturated carbocycles. The molecule has 0 aliphatic carbocycles. The Hall–Kier alpha value is -2.60. The fourth-order valence-corrected chi connectivity index (χ4v) is 3.27. The Morgan fingerprint density at radius 1 is 1.33 bits per heavy atom. The molecule has 1 saturated heterocycles. The van der Waals surface area contributed by atoms with Crippen molar-refractivity contribution in [3.05, 3.63) is 29.8 Å². The molecule has 1 aliphatic rings. The number of rotatable bonds is 7. The second kappa shape index (κ2) is 8.39. The summed E-state index contributed by atoms with van der Waals surface area (Å²) >= 11 is 0. The number of sulfonamides is 1. The highest BCUT2D eigenvalue weighted by atomic mass is 32.2. The number of carbonyl (C=O) groups excluding carboxylic acids is 3. The number of hydrogen-bond acceptors (Lipinski definition) is 6. The van der Waals surface area contributed by atoms with Crippen LogP contribution in [0.1, 0.15) is 13.3 Å². The van der Waals surface area contributed by atoms with Gasteiger partial charge in [0.2, 0.25) is 10.0 Å². The lowest BCUT2D eigenvalue weighted by molar-refractivity contribution is -0.157. The summed E-state index contributed by atoms with van der Waals surface area (Å²) < 4.78 is 56.8. The van der Waals surface area contributed by atoms with E-state index in [-0.39, 0.29) is 13.1 Å². The highest BCUT2D eigenvalue weighted by Crippen LogP contribution is 2.13. The van der Waals surface area contributed by atoms with Crippen LogP contribution in [0.15, 0.2) is 23.1 Å². The fourth-order valence-electron chi connectivity index (χ4n) is 2.22. The highest BCUT2D eigenvalue weighted by Gasteiger charge is 2.31. The van der Waals surface area contributed by atoms with Gasteiger partial charge in [0.15, 0.2) is 17.7 Å². The topological polar surface area (TPSA) is 122 Å². The molecule has 1 aromatic rings. The third-order valence-electron chi connectivity index (χ3n) is 3.60. The van der Waals surface area contributed by atoms with Gasteiger partial charge < -0.3 is 10.1 Å². The monoisotopic (exact) mass is 405 g/mol. The number of ether oxygens (including phenoxy) is 1. The smallest absolute Gasteiger partial charge is 0.324 e. The molecule has 1 aromatic carbocycles. The molecule has 1 heterocycles. The second-order valence-electron chi connectivity index (χ2n) is 5.58. The minimum absolute atomic E-state index is 0.160. The number of benzene rings is 1. The van der Waals surface area contributed by atoms with Crippen molar-refractivity contribution in [1.82, 2.24) is 14.9 Å². The Balaban J connectivity index is 1.83. The summed E-state index contributed by atoms with van der Waals surface area (Å²) in [4.78, 5) is 35.5. The van der Waals surface area contributed by atoms with E-state index < -0.39 is 57.0 Å². The largest absolute Gasteiger partial charge is 0.452 e. The van der Waals surface area contributed by atoms with Gasteiger partial charge in [-0.15, -0.1) is 0 Å². The molecular weight excluding hydrogens is 388 g/mol. The van der Waals surface area contributed by atoms with Crippen LogP contribution in [0.25, 0.3) is 0 Å². The molecule has 2 N–H and O–H groups in total. The zero-order valence-electron chi connectivity index (χ0n) is 14.2. The lowest BCUT2D eigenvalue weighted by Crippen LogP contribution is -2.42. The lowest BCUT2D eigenvalue weighted by atomic mass is 10.3. The molecule has 1 atom stereocenters. The number of halogens is 2. The first-order chi connectivity index (χ1) is 12.6. The first kappa shape index (κ1) is 20.7. The summed E-state index contributed by atoms with van der Waals surface area (Å²) in [6, 6.07) is 1.47. The summed E-state index contributed by atoms with van der Waals surface area (Å²) in [5.41, 5.74) is 0. The van der Waals surface area contributed by atoms with Gasteiger partial charge in [-0.05, 0) is 25.1 Å². The van der Waals surface area contributed by atoms with Gasteiger partial charge in [-0.2, -0.15) is 0 Å². The average Bonchev–Trinajstić information content (AvgIpc) is 3.02. The second-order valence-corrected chi connectivity index (χ2v) is 7.34. The number of hydrogen-bond donors (Lipinski definition) is 2. The van der Waals surface area contributed by atoms with E-state index in [2.05, 4.69) is 5.32 Å². The highest BCUT2D eigenvalue weighted by molar-refractivity contribution is 7.89. The van der Waals surface area contributed by atoms with Crippen molar-refractivity contribution in [1.29, 1.82) is 0 Å². The number of esters is 1. The van der Waals surface area contributed by atoms with E-state index in [0.29, 0.717) is 18.7 Å². The molecule has 2 rings (SSSR count). The zero-order chi connectivity index (χ0) is 20.2. The maximum absolute atomic E-state index is 13.1. The van der Waals surface area contributed by atoms with Crippen LogP contribution in [0, 0.1) is 11.6 Å². The van der Waals surface area contributed by atoms with Gasteiger partial charge in [0, 0.05) is 19.6 Å². The standard InChI is InChI=1S/C15H17F2N3O6S/c1-9(14(22)20-7-6-18-15(20)23)26-13(21)4-5-19-27(24,25)10-2-3-11(16)12(17)8-10/h2-3,8-9,19H,4-7H2,1H3,(H,18,23)/t9-/m1/s1. The van der Waals surface area contributed by atoms with Crippen molar-refractivity contribution >= 4 is 27.9 Å². The molecule has 0 spiro atoms. The third-order valence-corrected chi connectivity index (χ3v) is 5.06. The Bertz CT molecular complexity index is 861. The molecule has 9 nitrogen and oxygen atoms in total. The van der Waals surface area contributed by atoms with Crippen LogP contribution in [0.5, 0.6) is 0 Å². The van der Waals surface area contributed by atoms with E-state index in [1.165, 1.54) is 6.92 Å². The molecule has 27 heavy (non-hydrogen) atoms. The normalized spacial score (nSPS) is 15.4. The van der Waals surface area contributed by atoms with Crippen molar-refractivity contribution < 1.29 is 36.3 Å². The zero-order valence-corrected chi connectivity index (χ0v) is 15.0. The Morgan fingerprint density at radius 2 is 2.04 bits per heavy atom. The minimum Gasteiger partial charge on any atom is -0.452 e. The van der Waals surface area contributed by atoms with Gasteiger partial charge in [-0.1, -0.05) is 0 Å². The molecule has 1 fully saturated rings. The number of amides is 3. The van der Waals surface area contributed by atoms with E-state index in [9.17, 15) is 31.6 Å². The van der Waals surface area contributed by atoms with Crippen molar-refractivity contribution in [2.24, 2.45) is 0 Å². The molecule has 3 amide bonds. The van der Waals surface area contributed by atoms with Crippen LogP contribution in [0.2, 0.25) is 0 Å². The van der Waals surface area contributed by atoms with E-state index in [1.807, 2.05) is 4.72 Å². The van der Waals surface area contributed by atoms with Crippen molar-refractivity contribution in [2.75, 3.05) is 19.6 Å². The summed E-state index contributed by atoms with van der Waals surface area (Å²) in [5.74, 6) is -4.08. The molecule has 0 unspecified atom stereocenters. The van der Waals surface area contributed by atoms with Crippen LogP contribution in [-0.2, 0) is 24.3 Å². The average molecular weight is 405 g/mol. The van der Waals surface area contributed by atoms with Crippen LogP contribution < -0.4 is 10.0 Å². The number of nitrogens with one attached hydrogen (secondary N) is 2. The van der Waals surface area contributed by atoms with Gasteiger partial charge in [-0.3, -0.25) is 14.5 Å². The summed E-state index contributed by atoms with van der Waals surface area (Å²) in [5, 5.41) is 2.43. The predicted molar refractivity (Wildman–Crippen MR) is 86.8 cm³/mol. The van der Waals surface area contributed by atoms with Gasteiger partial charge >= 0.3 is 12.0 Å². The number of imide groups is 1. The summed E-state index contributed by atoms with van der Waals surface area (Å²) in [6.45, 7) is 1.37. The van der Waals surface area contributed by atoms with Crippen LogP contribution in [-0.4, -0.2) is 57.0 Å². The molecule has 148 valence electrons. The van der Waals surface area contributed by atoms with Crippen LogP contribution in [0.3, 0.4) is 0 Å². The maximum Gasteiger partial charge on any atom is 0.324 e. The van der Waals surface area contributed by atoms with Gasteiger partial charge in [0.25, 0.3) is 5.91 Å². The first-order valence-electron chi connectivity index (χ1n) is 7.85. The van der Waals surface area contributed by atoms with E-state index in [4.69, 9.17) is 4.74 Å². The van der Waals surface area contributed by atoms with Crippen molar-refractivity contribution in [2.45, 2.75) is 24.3 Å². The Morgan fingerprint density at radius 3 is 2.63 bits per heavy atom. The molecule has 0 radical (unpaired) electrons. The maximum atomic E-state index is 13.1. The third kappa shape index (κ3) is 5.20. The molecule has 0 bridgehead atoms. The predicted octanol–water partition coefficient (Wildman–Crippen LogP) is 0.117. The van der Waals surface area contributed by atoms with Crippen molar-refractivity contribution in [3.8, 4) is 0 Å². The van der Waals surface area contributed by atoms with E-state index >= 15 is 0 Å². The quantitative estimate of drug-likeness (QED) is 0.622. The SMILES string of the molecule is C[C@@H](OC(=O)CCNS(=O)(=O)c1ccc(F)c(F)c1)C(=O)N1CCNC1=O. The fraction of sp³-hybridized carbons (Fsp3) is 0.400. The van der Waals surface area contributed by atoms with Crippen molar-refractivity contribution in [3.63, 3.8) is 0 Å². The summed E-state index contributed by atoms with van der Waals surface area (Å²) in [6.07, 6.45) is -1.63. The van der Waals surface area contributed by atoms with E-state index in [1.54, 1.807) is 0 Å². The Kier molecular flexibility index (Phi) is 6.44. The number of nitrogens with zero attached hydrogens (tertiary/aromatic N) is 1. The van der Waals surface area contributed by atoms with Gasteiger partial charge in [0.1, 0.15) is 0 Å². The minimum atomic E-state index is -4.15. The number of carbonyl (C=O) groups is 3.